The molecule has 0 aromatic heterocycles. The molecule has 1 aliphatic heterocycles. The molecule has 3 aromatic rings. The average molecular weight is 591 g/mol. The van der Waals surface area contributed by atoms with Crippen molar-refractivity contribution in [3.05, 3.63) is 101 Å². The number of amides is 3. The van der Waals surface area contributed by atoms with Crippen LogP contribution in [0.3, 0.4) is 0 Å². The number of unbranched alkanes of at least 4 members (excludes halogenated alkanes) is 1. The van der Waals surface area contributed by atoms with Crippen LogP contribution in [0.5, 0.6) is 0 Å². The van der Waals surface area contributed by atoms with Crippen LogP contribution < -0.4 is 5.32 Å². The molecule has 1 fully saturated rings. The molecule has 3 amide bonds. The number of ether oxygens (including phenoxy) is 1. The van der Waals surface area contributed by atoms with Gasteiger partial charge in [-0.15, -0.1) is 0 Å². The van der Waals surface area contributed by atoms with Gasteiger partial charge in [-0.3, -0.25) is 19.3 Å². The lowest BCUT2D eigenvalue weighted by Crippen LogP contribution is -2.47. The number of nitrogens with one attached hydrogen (secondary N) is 1. The largest absolute Gasteiger partial charge is 0.454 e. The first-order valence-electron chi connectivity index (χ1n) is 14.3. The molecule has 3 aromatic carbocycles. The van der Waals surface area contributed by atoms with Crippen LogP contribution in [0.25, 0.3) is 0 Å². The SMILES string of the molecule is CCCC[C@H](C(=O)OCC(=O)Nc1cccc(C(F)(F)F)c1)N1C(=O)[C@@H]2C3c4ccccc4C(c4ccccc43)[C@@H]2C1=O. The van der Waals surface area contributed by atoms with Gasteiger partial charge in [-0.05, 0) is 46.9 Å². The number of nitrogens with zero attached hydrogens (tertiary/aromatic N) is 1. The molecule has 3 aliphatic carbocycles. The quantitative estimate of drug-likeness (QED) is 0.271. The number of carbonyl (C=O) groups is 4. The first kappa shape index (κ1) is 28.6. The van der Waals surface area contributed by atoms with Crippen LogP contribution in [0.2, 0.25) is 0 Å². The molecule has 0 radical (unpaired) electrons. The van der Waals surface area contributed by atoms with Crippen LogP contribution >= 0.6 is 0 Å². The van der Waals surface area contributed by atoms with Gasteiger partial charge in [-0.1, -0.05) is 74.4 Å². The minimum absolute atomic E-state index is 0.109. The number of hydrogen-bond donors (Lipinski definition) is 1. The molecule has 3 atom stereocenters. The van der Waals surface area contributed by atoms with Crippen LogP contribution in [-0.2, 0) is 30.1 Å². The molecule has 0 unspecified atom stereocenters. The minimum Gasteiger partial charge on any atom is -0.454 e. The van der Waals surface area contributed by atoms with Gasteiger partial charge in [-0.25, -0.2) is 4.79 Å². The number of benzene rings is 3. The predicted octanol–water partition coefficient (Wildman–Crippen LogP) is 5.64. The summed E-state index contributed by atoms with van der Waals surface area (Å²) in [4.78, 5) is 55.1. The number of carbonyl (C=O) groups excluding carboxylic acids is 4. The Morgan fingerprint density at radius 3 is 1.88 bits per heavy atom. The van der Waals surface area contributed by atoms with E-state index in [9.17, 15) is 32.3 Å². The van der Waals surface area contributed by atoms with Crippen molar-refractivity contribution in [2.45, 2.75) is 50.2 Å². The maximum Gasteiger partial charge on any atom is 0.416 e. The second kappa shape index (κ2) is 11.0. The summed E-state index contributed by atoms with van der Waals surface area (Å²) < 4.78 is 44.4. The number of alkyl halides is 3. The Kier molecular flexibility index (Phi) is 7.31. The van der Waals surface area contributed by atoms with E-state index in [2.05, 4.69) is 5.32 Å². The lowest BCUT2D eigenvalue weighted by Gasteiger charge is -2.45. The number of imide groups is 1. The van der Waals surface area contributed by atoms with Crippen molar-refractivity contribution < 1.29 is 37.1 Å². The Bertz CT molecular complexity index is 1500. The highest BCUT2D eigenvalue weighted by Crippen LogP contribution is 2.61. The van der Waals surface area contributed by atoms with Gasteiger partial charge in [-0.2, -0.15) is 13.2 Å². The number of likely N-dealkylation sites (tertiary alicyclic amines) is 1. The summed E-state index contributed by atoms with van der Waals surface area (Å²) in [7, 11) is 0. The Balaban J connectivity index is 1.23. The van der Waals surface area contributed by atoms with Crippen molar-refractivity contribution in [1.82, 2.24) is 4.90 Å². The van der Waals surface area contributed by atoms with Crippen molar-refractivity contribution in [2.75, 3.05) is 11.9 Å². The van der Waals surface area contributed by atoms with Crippen molar-refractivity contribution in [3.63, 3.8) is 0 Å². The fourth-order valence-corrected chi connectivity index (χ4v) is 6.96. The summed E-state index contributed by atoms with van der Waals surface area (Å²) >= 11 is 0. The smallest absolute Gasteiger partial charge is 0.416 e. The highest BCUT2D eigenvalue weighted by molar-refractivity contribution is 6.10. The van der Waals surface area contributed by atoms with Gasteiger partial charge in [0.25, 0.3) is 5.91 Å². The lowest BCUT2D eigenvalue weighted by molar-refractivity contribution is -0.160. The Morgan fingerprint density at radius 1 is 0.860 bits per heavy atom. The highest BCUT2D eigenvalue weighted by atomic mass is 19.4. The average Bonchev–Trinajstić information content (AvgIpc) is 3.26. The van der Waals surface area contributed by atoms with Gasteiger partial charge in [0.05, 0.1) is 17.4 Å². The third kappa shape index (κ3) is 4.88. The van der Waals surface area contributed by atoms with Crippen molar-refractivity contribution in [1.29, 1.82) is 0 Å². The molecule has 10 heteroatoms. The zero-order valence-corrected chi connectivity index (χ0v) is 23.3. The van der Waals surface area contributed by atoms with Gasteiger partial charge in [0.2, 0.25) is 11.8 Å². The number of esters is 1. The van der Waals surface area contributed by atoms with Gasteiger partial charge in [0.1, 0.15) is 6.04 Å². The molecule has 43 heavy (non-hydrogen) atoms. The monoisotopic (exact) mass is 590 g/mol. The van der Waals surface area contributed by atoms with E-state index < -0.39 is 59.9 Å². The van der Waals surface area contributed by atoms with Gasteiger partial charge >= 0.3 is 12.1 Å². The van der Waals surface area contributed by atoms with Gasteiger partial charge in [0.15, 0.2) is 6.61 Å². The van der Waals surface area contributed by atoms with E-state index in [0.29, 0.717) is 12.8 Å². The summed E-state index contributed by atoms with van der Waals surface area (Å²) in [6, 6.07) is 18.5. The molecular formula is C33H29F3N2O5. The molecule has 4 aliphatic rings. The van der Waals surface area contributed by atoms with E-state index in [1.807, 2.05) is 55.5 Å². The Morgan fingerprint density at radius 2 is 1.40 bits per heavy atom. The molecule has 2 bridgehead atoms. The summed E-state index contributed by atoms with van der Waals surface area (Å²) in [5, 5.41) is 2.30. The van der Waals surface area contributed by atoms with Crippen molar-refractivity contribution in [3.8, 4) is 0 Å². The standard InChI is InChI=1S/C33H29F3N2O5/c1-2-3-15-24(32(42)43-17-25(39)37-19-10-8-9-18(16-19)33(34,35)36)38-30(40)28-26-20-11-4-5-12-21(20)27(29(28)31(38)41)23-14-7-6-13-22(23)26/h4-14,16,24,26-29H,2-3,15,17H2,1H3,(H,37,39)/t24-,26?,27?,28-,29+/m1/s1. The van der Waals surface area contributed by atoms with Crippen molar-refractivity contribution >= 4 is 29.4 Å². The molecule has 1 N–H and O–H groups in total. The van der Waals surface area contributed by atoms with Crippen LogP contribution in [0, 0.1) is 11.8 Å². The number of halogens is 3. The Hall–Kier alpha value is -4.47. The molecular weight excluding hydrogens is 561 g/mol. The summed E-state index contributed by atoms with van der Waals surface area (Å²) in [5.41, 5.74) is 2.99. The zero-order valence-electron chi connectivity index (χ0n) is 23.3. The van der Waals surface area contributed by atoms with Crippen LogP contribution in [0.1, 0.15) is 65.8 Å². The van der Waals surface area contributed by atoms with E-state index in [1.54, 1.807) is 0 Å². The third-order valence-corrected chi connectivity index (χ3v) is 8.72. The second-order valence-corrected chi connectivity index (χ2v) is 11.2. The maximum absolute atomic E-state index is 14.1. The number of anilines is 1. The molecule has 7 nitrogen and oxygen atoms in total. The van der Waals surface area contributed by atoms with Gasteiger partial charge < -0.3 is 10.1 Å². The fourth-order valence-electron chi connectivity index (χ4n) is 6.96. The van der Waals surface area contributed by atoms with Crippen molar-refractivity contribution in [2.24, 2.45) is 11.8 Å². The summed E-state index contributed by atoms with van der Waals surface area (Å²) in [6.07, 6.45) is -3.22. The summed E-state index contributed by atoms with van der Waals surface area (Å²) in [6.45, 7) is 1.12. The zero-order chi connectivity index (χ0) is 30.5. The van der Waals surface area contributed by atoms with Gasteiger partial charge in [0, 0.05) is 17.5 Å². The van der Waals surface area contributed by atoms with E-state index in [1.165, 1.54) is 6.07 Å². The molecule has 1 heterocycles. The van der Waals surface area contributed by atoms with Crippen LogP contribution in [0.15, 0.2) is 72.8 Å². The first-order valence-corrected chi connectivity index (χ1v) is 14.3. The maximum atomic E-state index is 14.1. The predicted molar refractivity (Wildman–Crippen MR) is 150 cm³/mol. The van der Waals surface area contributed by atoms with E-state index >= 15 is 0 Å². The van der Waals surface area contributed by atoms with E-state index in [0.717, 1.165) is 45.4 Å². The molecule has 0 saturated carbocycles. The molecule has 222 valence electrons. The van der Waals surface area contributed by atoms with E-state index in [4.69, 9.17) is 4.74 Å². The van der Waals surface area contributed by atoms with E-state index in [-0.39, 0.29) is 23.9 Å². The first-order chi connectivity index (χ1) is 20.6. The normalized spacial score (nSPS) is 22.5. The Labute approximate surface area is 246 Å². The molecule has 1 saturated heterocycles. The molecule has 7 rings (SSSR count). The number of rotatable bonds is 8. The molecule has 0 spiro atoms. The lowest BCUT2D eigenvalue weighted by atomic mass is 9.55. The summed E-state index contributed by atoms with van der Waals surface area (Å²) in [5.74, 6) is -4.60. The minimum atomic E-state index is -4.59. The van der Waals surface area contributed by atoms with Crippen LogP contribution in [-0.4, -0.2) is 41.2 Å². The van der Waals surface area contributed by atoms with Crippen LogP contribution in [0.4, 0.5) is 18.9 Å². The number of hydrogen-bond acceptors (Lipinski definition) is 5. The topological polar surface area (TPSA) is 92.8 Å². The second-order valence-electron chi connectivity index (χ2n) is 11.2. The fraction of sp³-hybridized carbons (Fsp3) is 0.333. The highest BCUT2D eigenvalue weighted by Gasteiger charge is 2.63. The third-order valence-electron chi connectivity index (χ3n) is 8.72.